The molecular weight excluding hydrogens is 314 g/mol. The molecule has 110 valence electrons. The van der Waals surface area contributed by atoms with Gasteiger partial charge in [-0.25, -0.2) is 0 Å². The van der Waals surface area contributed by atoms with Crippen molar-refractivity contribution in [1.29, 1.82) is 5.26 Å². The Morgan fingerprint density at radius 2 is 2.05 bits per heavy atom. The van der Waals surface area contributed by atoms with Gasteiger partial charge in [0.15, 0.2) is 0 Å². The second-order valence-corrected chi connectivity index (χ2v) is 5.97. The van der Waals surface area contributed by atoms with E-state index in [2.05, 4.69) is 71.2 Å². The van der Waals surface area contributed by atoms with Crippen LogP contribution in [-0.2, 0) is 0 Å². The molecule has 20 heavy (non-hydrogen) atoms. The molecule has 0 amide bonds. The normalized spacial score (nSPS) is 13.6. The summed E-state index contributed by atoms with van der Waals surface area (Å²) in [5.41, 5.74) is 2.49. The van der Waals surface area contributed by atoms with Crippen molar-refractivity contribution < 1.29 is 0 Å². The zero-order valence-corrected chi connectivity index (χ0v) is 14.4. The molecule has 0 aliphatic heterocycles. The predicted molar refractivity (Wildman–Crippen MR) is 88.9 cm³/mol. The van der Waals surface area contributed by atoms with Crippen molar-refractivity contribution in [1.82, 2.24) is 5.32 Å². The second-order valence-electron chi connectivity index (χ2n) is 5.05. The molecule has 1 rings (SSSR count). The summed E-state index contributed by atoms with van der Waals surface area (Å²) in [5.74, 6) is 0.0243. The summed E-state index contributed by atoms with van der Waals surface area (Å²) >= 11 is 3.55. The Hall–Kier alpha value is -1.05. The number of hydrogen-bond donors (Lipinski definition) is 1. The largest absolute Gasteiger partial charge is 0.370 e. The molecule has 1 N–H and O–H groups in total. The Morgan fingerprint density at radius 1 is 1.35 bits per heavy atom. The second kappa shape index (κ2) is 8.28. The lowest BCUT2D eigenvalue weighted by Gasteiger charge is -2.29. The molecule has 2 atom stereocenters. The SMILES string of the molecule is CCNC(C)c1ccc(Br)cc1N(CC)CC(C)C#N. The summed E-state index contributed by atoms with van der Waals surface area (Å²) in [4.78, 5) is 2.28. The van der Waals surface area contributed by atoms with Gasteiger partial charge in [-0.1, -0.05) is 28.9 Å². The van der Waals surface area contributed by atoms with Crippen LogP contribution in [0.2, 0.25) is 0 Å². The number of hydrogen-bond acceptors (Lipinski definition) is 3. The fraction of sp³-hybridized carbons (Fsp3) is 0.562. The highest BCUT2D eigenvalue weighted by Crippen LogP contribution is 2.30. The standard InChI is InChI=1S/C16H24BrN3/c1-5-19-13(4)15-8-7-14(17)9-16(15)20(6-2)11-12(3)10-18/h7-9,12-13,19H,5-6,11H2,1-4H3. The van der Waals surface area contributed by atoms with Crippen molar-refractivity contribution in [3.8, 4) is 6.07 Å². The first kappa shape index (κ1) is 17.0. The van der Waals surface area contributed by atoms with Crippen LogP contribution in [-0.4, -0.2) is 19.6 Å². The van der Waals surface area contributed by atoms with Gasteiger partial charge in [0.2, 0.25) is 0 Å². The minimum atomic E-state index is 0.0243. The number of nitrogens with zero attached hydrogens (tertiary/aromatic N) is 2. The molecule has 0 saturated carbocycles. The van der Waals surface area contributed by atoms with Gasteiger partial charge < -0.3 is 10.2 Å². The van der Waals surface area contributed by atoms with Gasteiger partial charge in [-0.3, -0.25) is 0 Å². The van der Waals surface area contributed by atoms with E-state index in [9.17, 15) is 0 Å². The minimum absolute atomic E-state index is 0.0243. The minimum Gasteiger partial charge on any atom is -0.370 e. The maximum atomic E-state index is 9.05. The van der Waals surface area contributed by atoms with E-state index in [1.165, 1.54) is 11.3 Å². The molecule has 4 heteroatoms. The highest BCUT2D eigenvalue weighted by Gasteiger charge is 2.16. The lowest BCUT2D eigenvalue weighted by Crippen LogP contribution is -2.30. The lowest BCUT2D eigenvalue weighted by molar-refractivity contribution is 0.592. The van der Waals surface area contributed by atoms with E-state index in [0.29, 0.717) is 6.04 Å². The van der Waals surface area contributed by atoms with Crippen LogP contribution in [0.25, 0.3) is 0 Å². The Labute approximate surface area is 131 Å². The van der Waals surface area contributed by atoms with E-state index in [-0.39, 0.29) is 5.92 Å². The molecule has 2 unspecified atom stereocenters. The van der Waals surface area contributed by atoms with Crippen LogP contribution in [0.15, 0.2) is 22.7 Å². The number of nitrogens with one attached hydrogen (secondary N) is 1. The fourth-order valence-electron chi connectivity index (χ4n) is 2.34. The van der Waals surface area contributed by atoms with Crippen LogP contribution >= 0.6 is 15.9 Å². The maximum absolute atomic E-state index is 9.05. The number of benzene rings is 1. The van der Waals surface area contributed by atoms with Crippen molar-refractivity contribution in [3.63, 3.8) is 0 Å². The van der Waals surface area contributed by atoms with Crippen molar-refractivity contribution in [3.05, 3.63) is 28.2 Å². The average Bonchev–Trinajstić information content (AvgIpc) is 2.44. The fourth-order valence-corrected chi connectivity index (χ4v) is 2.69. The molecule has 0 spiro atoms. The Morgan fingerprint density at radius 3 is 2.60 bits per heavy atom. The van der Waals surface area contributed by atoms with Crippen LogP contribution in [0.5, 0.6) is 0 Å². The molecule has 0 aliphatic carbocycles. The first-order valence-corrected chi connectivity index (χ1v) is 8.00. The lowest BCUT2D eigenvalue weighted by atomic mass is 10.0. The summed E-state index contributed by atoms with van der Waals surface area (Å²) in [6, 6.07) is 9.01. The van der Waals surface area contributed by atoms with E-state index in [0.717, 1.165) is 24.1 Å². The Kier molecular flexibility index (Phi) is 7.04. The zero-order chi connectivity index (χ0) is 15.1. The molecule has 0 bridgehead atoms. The molecule has 3 nitrogen and oxygen atoms in total. The van der Waals surface area contributed by atoms with E-state index in [1.54, 1.807) is 0 Å². The number of rotatable bonds is 7. The summed E-state index contributed by atoms with van der Waals surface area (Å²) < 4.78 is 1.07. The van der Waals surface area contributed by atoms with Crippen LogP contribution in [0.4, 0.5) is 5.69 Å². The van der Waals surface area contributed by atoms with Crippen molar-refractivity contribution in [2.45, 2.75) is 33.7 Å². The molecule has 0 saturated heterocycles. The predicted octanol–water partition coefficient (Wildman–Crippen LogP) is 4.11. The van der Waals surface area contributed by atoms with Crippen molar-refractivity contribution in [2.24, 2.45) is 5.92 Å². The van der Waals surface area contributed by atoms with Gasteiger partial charge >= 0.3 is 0 Å². The van der Waals surface area contributed by atoms with E-state index >= 15 is 0 Å². The van der Waals surface area contributed by atoms with Crippen LogP contribution in [0.1, 0.15) is 39.3 Å². The highest BCUT2D eigenvalue weighted by atomic mass is 79.9. The first-order chi connectivity index (χ1) is 9.53. The summed E-state index contributed by atoms with van der Waals surface area (Å²) in [6.45, 7) is 11.0. The quantitative estimate of drug-likeness (QED) is 0.813. The van der Waals surface area contributed by atoms with E-state index in [4.69, 9.17) is 5.26 Å². The number of halogens is 1. The van der Waals surface area contributed by atoms with Crippen LogP contribution in [0.3, 0.4) is 0 Å². The maximum Gasteiger partial charge on any atom is 0.0671 e. The molecule has 0 fully saturated rings. The van der Waals surface area contributed by atoms with Gasteiger partial charge in [0.25, 0.3) is 0 Å². The van der Waals surface area contributed by atoms with E-state index < -0.39 is 0 Å². The Bertz CT molecular complexity index is 467. The van der Waals surface area contributed by atoms with Gasteiger partial charge in [-0.15, -0.1) is 0 Å². The molecular formula is C16H24BrN3. The third kappa shape index (κ3) is 4.50. The van der Waals surface area contributed by atoms with Gasteiger partial charge in [-0.05, 0) is 45.0 Å². The first-order valence-electron chi connectivity index (χ1n) is 7.20. The van der Waals surface area contributed by atoms with Gasteiger partial charge in [0.05, 0.1) is 12.0 Å². The summed E-state index contributed by atoms with van der Waals surface area (Å²) in [5, 5.41) is 12.5. The number of anilines is 1. The topological polar surface area (TPSA) is 39.1 Å². The summed E-state index contributed by atoms with van der Waals surface area (Å²) in [7, 11) is 0. The molecule has 1 aromatic rings. The molecule has 0 aliphatic rings. The zero-order valence-electron chi connectivity index (χ0n) is 12.8. The smallest absolute Gasteiger partial charge is 0.0671 e. The highest BCUT2D eigenvalue weighted by molar-refractivity contribution is 9.10. The summed E-state index contributed by atoms with van der Waals surface area (Å²) in [6.07, 6.45) is 0. The van der Waals surface area contributed by atoms with Gasteiger partial charge in [-0.2, -0.15) is 5.26 Å². The van der Waals surface area contributed by atoms with Gasteiger partial charge in [0, 0.05) is 29.3 Å². The molecule has 0 radical (unpaired) electrons. The molecule has 0 aromatic heterocycles. The van der Waals surface area contributed by atoms with Crippen LogP contribution < -0.4 is 10.2 Å². The third-order valence-corrected chi connectivity index (χ3v) is 3.90. The van der Waals surface area contributed by atoms with Gasteiger partial charge in [0.1, 0.15) is 0 Å². The monoisotopic (exact) mass is 337 g/mol. The average molecular weight is 338 g/mol. The third-order valence-electron chi connectivity index (χ3n) is 3.41. The van der Waals surface area contributed by atoms with E-state index in [1.807, 2.05) is 6.92 Å². The van der Waals surface area contributed by atoms with Crippen molar-refractivity contribution >= 4 is 21.6 Å². The molecule has 1 aromatic carbocycles. The van der Waals surface area contributed by atoms with Crippen molar-refractivity contribution in [2.75, 3.05) is 24.5 Å². The van der Waals surface area contributed by atoms with Crippen LogP contribution in [0, 0.1) is 17.2 Å². The Balaban J connectivity index is 3.12. The number of nitriles is 1. The molecule has 0 heterocycles.